The Morgan fingerprint density at radius 1 is 1.10 bits per heavy atom. The van der Waals surface area contributed by atoms with Crippen LogP contribution in [-0.4, -0.2) is 13.0 Å². The molecule has 21 heavy (non-hydrogen) atoms. The molecule has 0 unspecified atom stereocenters. The summed E-state index contributed by atoms with van der Waals surface area (Å²) in [6.07, 6.45) is 0.837. The van der Waals surface area contributed by atoms with Gasteiger partial charge in [0.15, 0.2) is 0 Å². The smallest absolute Gasteiger partial charge is 0.251 e. The lowest BCUT2D eigenvalue weighted by molar-refractivity contribution is 0.0935. The largest absolute Gasteiger partial charge is 0.497 e. The molecule has 1 N–H and O–H groups in total. The van der Waals surface area contributed by atoms with Crippen LogP contribution in [0.3, 0.4) is 0 Å². The van der Waals surface area contributed by atoms with E-state index in [4.69, 9.17) is 4.74 Å². The second-order valence-corrected chi connectivity index (χ2v) is 5.07. The van der Waals surface area contributed by atoms with Gasteiger partial charge in [-0.1, -0.05) is 36.8 Å². The minimum atomic E-state index is -0.0438. The Morgan fingerprint density at radius 3 is 2.24 bits per heavy atom. The predicted molar refractivity (Wildman–Crippen MR) is 84.7 cm³/mol. The SMILES string of the molecule is CC[C@@H](NC(=O)c1ccc(C)cc1)c1ccc(OC)cc1. The predicted octanol–water partition coefficient (Wildman–Crippen LogP) is 3.88. The van der Waals surface area contributed by atoms with Crippen LogP contribution >= 0.6 is 0 Å². The molecule has 3 nitrogen and oxygen atoms in total. The minimum absolute atomic E-state index is 0.00436. The van der Waals surface area contributed by atoms with Crippen LogP contribution in [0.15, 0.2) is 48.5 Å². The first kappa shape index (κ1) is 15.1. The molecule has 0 saturated heterocycles. The number of hydrogen-bond acceptors (Lipinski definition) is 2. The third-order valence-electron chi connectivity index (χ3n) is 3.55. The van der Waals surface area contributed by atoms with Gasteiger partial charge in [0.2, 0.25) is 0 Å². The molecule has 0 fully saturated rings. The van der Waals surface area contributed by atoms with Crippen LogP contribution in [0.4, 0.5) is 0 Å². The van der Waals surface area contributed by atoms with Crippen LogP contribution in [0.2, 0.25) is 0 Å². The van der Waals surface area contributed by atoms with Gasteiger partial charge in [0.05, 0.1) is 13.2 Å². The van der Waals surface area contributed by atoms with Crippen LogP contribution in [0.25, 0.3) is 0 Å². The van der Waals surface area contributed by atoms with Crippen LogP contribution in [0.5, 0.6) is 5.75 Å². The summed E-state index contributed by atoms with van der Waals surface area (Å²) in [4.78, 5) is 12.3. The van der Waals surface area contributed by atoms with Crippen LogP contribution < -0.4 is 10.1 Å². The summed E-state index contributed by atoms with van der Waals surface area (Å²) in [5.41, 5.74) is 2.92. The Morgan fingerprint density at radius 2 is 1.71 bits per heavy atom. The van der Waals surface area contributed by atoms with Crippen LogP contribution in [0, 0.1) is 6.92 Å². The Balaban J connectivity index is 2.10. The quantitative estimate of drug-likeness (QED) is 0.904. The van der Waals surface area contributed by atoms with Gasteiger partial charge in [0.25, 0.3) is 5.91 Å². The van der Waals surface area contributed by atoms with E-state index in [9.17, 15) is 4.79 Å². The van der Waals surface area contributed by atoms with Crippen molar-refractivity contribution >= 4 is 5.91 Å². The molecule has 0 spiro atoms. The molecule has 2 rings (SSSR count). The number of carbonyl (C=O) groups is 1. The van der Waals surface area contributed by atoms with E-state index in [1.165, 1.54) is 0 Å². The second kappa shape index (κ2) is 6.93. The topological polar surface area (TPSA) is 38.3 Å². The summed E-state index contributed by atoms with van der Waals surface area (Å²) in [6.45, 7) is 4.07. The maximum atomic E-state index is 12.3. The fraction of sp³-hybridized carbons (Fsp3) is 0.278. The molecular formula is C18H21NO2. The monoisotopic (exact) mass is 283 g/mol. The fourth-order valence-corrected chi connectivity index (χ4v) is 2.20. The third kappa shape index (κ3) is 3.85. The molecule has 0 aromatic heterocycles. The first-order valence-corrected chi connectivity index (χ1v) is 7.15. The molecule has 110 valence electrons. The highest BCUT2D eigenvalue weighted by Crippen LogP contribution is 2.20. The summed E-state index contributed by atoms with van der Waals surface area (Å²) < 4.78 is 5.16. The number of methoxy groups -OCH3 is 1. The van der Waals surface area contributed by atoms with Gasteiger partial charge in [-0.25, -0.2) is 0 Å². The van der Waals surface area contributed by atoms with E-state index in [1.807, 2.05) is 55.5 Å². The van der Waals surface area contributed by atoms with E-state index >= 15 is 0 Å². The summed E-state index contributed by atoms with van der Waals surface area (Å²) >= 11 is 0. The van der Waals surface area contributed by atoms with Gasteiger partial charge in [0.1, 0.15) is 5.75 Å². The number of rotatable bonds is 5. The molecule has 0 aliphatic rings. The van der Waals surface area contributed by atoms with E-state index in [1.54, 1.807) is 7.11 Å². The highest BCUT2D eigenvalue weighted by Gasteiger charge is 2.14. The molecule has 3 heteroatoms. The standard InChI is InChI=1S/C18H21NO2/c1-4-17(14-9-11-16(21-3)12-10-14)19-18(20)15-7-5-13(2)6-8-15/h5-12,17H,4H2,1-3H3,(H,19,20)/t17-/m1/s1. The highest BCUT2D eigenvalue weighted by molar-refractivity contribution is 5.94. The van der Waals surface area contributed by atoms with Crippen molar-refractivity contribution in [3.8, 4) is 5.75 Å². The van der Waals surface area contributed by atoms with E-state index in [0.717, 1.165) is 23.3 Å². The second-order valence-electron chi connectivity index (χ2n) is 5.07. The maximum Gasteiger partial charge on any atom is 0.251 e. The van der Waals surface area contributed by atoms with E-state index in [2.05, 4.69) is 12.2 Å². The first-order valence-electron chi connectivity index (χ1n) is 7.15. The van der Waals surface area contributed by atoms with Gasteiger partial charge < -0.3 is 10.1 Å². The molecule has 1 amide bonds. The number of aryl methyl sites for hydroxylation is 1. The molecule has 0 bridgehead atoms. The average molecular weight is 283 g/mol. The Bertz CT molecular complexity index is 588. The Kier molecular flexibility index (Phi) is 4.99. The minimum Gasteiger partial charge on any atom is -0.497 e. The van der Waals surface area contributed by atoms with Gasteiger partial charge in [-0.15, -0.1) is 0 Å². The van der Waals surface area contributed by atoms with Crippen molar-refractivity contribution in [2.75, 3.05) is 7.11 Å². The number of nitrogens with one attached hydrogen (secondary N) is 1. The van der Waals surface area contributed by atoms with Gasteiger partial charge >= 0.3 is 0 Å². The number of hydrogen-bond donors (Lipinski definition) is 1. The molecule has 0 aliphatic heterocycles. The molecule has 0 heterocycles. The van der Waals surface area contributed by atoms with Crippen molar-refractivity contribution in [1.82, 2.24) is 5.32 Å². The van der Waals surface area contributed by atoms with Crippen LogP contribution in [0.1, 0.15) is 40.9 Å². The third-order valence-corrected chi connectivity index (χ3v) is 3.55. The zero-order valence-corrected chi connectivity index (χ0v) is 12.7. The fourth-order valence-electron chi connectivity index (χ4n) is 2.20. The van der Waals surface area contributed by atoms with Crippen molar-refractivity contribution < 1.29 is 9.53 Å². The number of carbonyl (C=O) groups excluding carboxylic acids is 1. The lowest BCUT2D eigenvalue weighted by atomic mass is 10.0. The van der Waals surface area contributed by atoms with Gasteiger partial charge in [-0.3, -0.25) is 4.79 Å². The van der Waals surface area contributed by atoms with Crippen molar-refractivity contribution in [2.24, 2.45) is 0 Å². The van der Waals surface area contributed by atoms with E-state index in [0.29, 0.717) is 5.56 Å². The number of ether oxygens (including phenoxy) is 1. The Labute approximate surface area is 126 Å². The first-order chi connectivity index (χ1) is 10.1. The van der Waals surface area contributed by atoms with E-state index in [-0.39, 0.29) is 11.9 Å². The van der Waals surface area contributed by atoms with Gasteiger partial charge in [0, 0.05) is 5.56 Å². The summed E-state index contributed by atoms with van der Waals surface area (Å²) in [6, 6.07) is 15.4. The van der Waals surface area contributed by atoms with Gasteiger partial charge in [-0.05, 0) is 43.2 Å². The lowest BCUT2D eigenvalue weighted by Gasteiger charge is -2.18. The lowest BCUT2D eigenvalue weighted by Crippen LogP contribution is -2.28. The number of amides is 1. The molecular weight excluding hydrogens is 262 g/mol. The van der Waals surface area contributed by atoms with Crippen molar-refractivity contribution in [2.45, 2.75) is 26.3 Å². The molecule has 1 atom stereocenters. The number of benzene rings is 2. The molecule has 0 saturated carbocycles. The van der Waals surface area contributed by atoms with Crippen molar-refractivity contribution in [3.05, 3.63) is 65.2 Å². The highest BCUT2D eigenvalue weighted by atomic mass is 16.5. The molecule has 0 aliphatic carbocycles. The van der Waals surface area contributed by atoms with Crippen molar-refractivity contribution in [1.29, 1.82) is 0 Å². The molecule has 2 aromatic carbocycles. The van der Waals surface area contributed by atoms with Crippen LogP contribution in [-0.2, 0) is 0 Å². The van der Waals surface area contributed by atoms with E-state index < -0.39 is 0 Å². The van der Waals surface area contributed by atoms with Crippen molar-refractivity contribution in [3.63, 3.8) is 0 Å². The Hall–Kier alpha value is -2.29. The molecule has 2 aromatic rings. The average Bonchev–Trinajstić information content (AvgIpc) is 2.53. The summed E-state index contributed by atoms with van der Waals surface area (Å²) in [5.74, 6) is 0.774. The summed E-state index contributed by atoms with van der Waals surface area (Å²) in [7, 11) is 1.64. The zero-order chi connectivity index (χ0) is 15.2. The summed E-state index contributed by atoms with van der Waals surface area (Å²) in [5, 5.41) is 3.08. The van der Waals surface area contributed by atoms with Gasteiger partial charge in [-0.2, -0.15) is 0 Å². The zero-order valence-electron chi connectivity index (χ0n) is 12.7. The normalized spacial score (nSPS) is 11.8. The maximum absolute atomic E-state index is 12.3. The molecule has 0 radical (unpaired) electrons.